The van der Waals surface area contributed by atoms with Crippen LogP contribution < -0.4 is 4.74 Å². The van der Waals surface area contributed by atoms with Crippen molar-refractivity contribution < 1.29 is 4.74 Å². The van der Waals surface area contributed by atoms with Gasteiger partial charge in [-0.2, -0.15) is 0 Å². The normalized spacial score (nSPS) is 15.0. The first-order valence-corrected chi connectivity index (χ1v) is 9.68. The lowest BCUT2D eigenvalue weighted by Gasteiger charge is -2.05. The Morgan fingerprint density at radius 2 is 1.96 bits per heavy atom. The second kappa shape index (κ2) is 9.27. The molecule has 0 amide bonds. The standard InChI is InChI=1S/C22H29N3O/c1-3-4-5-6-7-8-10-17-12-14-24-19(17)15-21-22(26-2)16-20(25-21)18-11-9-13-23-18/h9,11-16,23,25H,3-8,10H2,1-2H3/b19-15-. The summed E-state index contributed by atoms with van der Waals surface area (Å²) in [6.45, 7) is 2.26. The molecule has 0 aromatic carbocycles. The van der Waals surface area contributed by atoms with Gasteiger partial charge in [0.15, 0.2) is 0 Å². The van der Waals surface area contributed by atoms with E-state index in [1.54, 1.807) is 7.11 Å². The van der Waals surface area contributed by atoms with Gasteiger partial charge in [-0.25, -0.2) is 0 Å². The zero-order valence-corrected chi connectivity index (χ0v) is 15.8. The minimum Gasteiger partial charge on any atom is -0.494 e. The molecule has 0 aliphatic carbocycles. The highest BCUT2D eigenvalue weighted by Gasteiger charge is 2.13. The SMILES string of the molecule is CCCCCCCCC1=CC=N/C1=C\c1[nH]c(-c2ccc[nH]2)cc1OC. The molecule has 2 N–H and O–H groups in total. The third-order valence-corrected chi connectivity index (χ3v) is 4.82. The Bertz CT molecular complexity index is 778. The molecule has 0 atom stereocenters. The lowest BCUT2D eigenvalue weighted by molar-refractivity contribution is 0.414. The minimum atomic E-state index is 0.836. The van der Waals surface area contributed by atoms with E-state index in [1.807, 2.05) is 30.6 Å². The summed E-state index contributed by atoms with van der Waals surface area (Å²) in [6, 6.07) is 6.05. The van der Waals surface area contributed by atoms with Crippen LogP contribution in [0.25, 0.3) is 17.5 Å². The minimum absolute atomic E-state index is 0.836. The molecular formula is C22H29N3O. The highest BCUT2D eigenvalue weighted by molar-refractivity contribution is 5.82. The van der Waals surface area contributed by atoms with Gasteiger partial charge in [-0.15, -0.1) is 0 Å². The fourth-order valence-corrected chi connectivity index (χ4v) is 3.32. The largest absolute Gasteiger partial charge is 0.494 e. The number of aromatic amines is 2. The third kappa shape index (κ3) is 4.57. The molecule has 0 saturated heterocycles. The Hall–Kier alpha value is -2.49. The van der Waals surface area contributed by atoms with Gasteiger partial charge in [0.1, 0.15) is 5.75 Å². The van der Waals surface area contributed by atoms with Crippen LogP contribution in [0.15, 0.2) is 46.7 Å². The molecule has 26 heavy (non-hydrogen) atoms. The maximum Gasteiger partial charge on any atom is 0.144 e. The highest BCUT2D eigenvalue weighted by Crippen LogP contribution is 2.31. The number of unbranched alkanes of at least 4 members (excludes halogenated alkanes) is 5. The van der Waals surface area contributed by atoms with E-state index in [1.165, 1.54) is 44.1 Å². The predicted molar refractivity (Wildman–Crippen MR) is 110 cm³/mol. The molecule has 1 aliphatic rings. The van der Waals surface area contributed by atoms with Crippen molar-refractivity contribution in [2.75, 3.05) is 7.11 Å². The van der Waals surface area contributed by atoms with Crippen molar-refractivity contribution in [3.8, 4) is 17.1 Å². The summed E-state index contributed by atoms with van der Waals surface area (Å²) >= 11 is 0. The summed E-state index contributed by atoms with van der Waals surface area (Å²) < 4.78 is 5.54. The molecule has 4 heteroatoms. The summed E-state index contributed by atoms with van der Waals surface area (Å²) in [5.41, 5.74) is 5.38. The summed E-state index contributed by atoms with van der Waals surface area (Å²) in [6.07, 6.45) is 17.0. The fraction of sp³-hybridized carbons (Fsp3) is 0.409. The van der Waals surface area contributed by atoms with E-state index < -0.39 is 0 Å². The second-order valence-electron chi connectivity index (χ2n) is 6.77. The van der Waals surface area contributed by atoms with E-state index in [2.05, 4.69) is 34.0 Å². The molecule has 0 saturated carbocycles. The number of rotatable bonds is 10. The zero-order valence-electron chi connectivity index (χ0n) is 15.8. The van der Waals surface area contributed by atoms with Crippen LogP contribution in [0.5, 0.6) is 5.75 Å². The number of aromatic nitrogens is 2. The highest BCUT2D eigenvalue weighted by atomic mass is 16.5. The van der Waals surface area contributed by atoms with Crippen molar-refractivity contribution in [1.82, 2.24) is 9.97 Å². The van der Waals surface area contributed by atoms with Crippen molar-refractivity contribution in [3.63, 3.8) is 0 Å². The number of methoxy groups -OCH3 is 1. The molecular weight excluding hydrogens is 322 g/mol. The van der Waals surface area contributed by atoms with Crippen LogP contribution in [0.1, 0.15) is 57.6 Å². The molecule has 0 unspecified atom stereocenters. The van der Waals surface area contributed by atoms with Gasteiger partial charge in [-0.05, 0) is 42.7 Å². The average molecular weight is 351 g/mol. The Balaban J connectivity index is 1.65. The molecule has 1 aliphatic heterocycles. The van der Waals surface area contributed by atoms with Crippen LogP contribution in [-0.4, -0.2) is 23.3 Å². The van der Waals surface area contributed by atoms with Crippen molar-refractivity contribution >= 4 is 12.3 Å². The Morgan fingerprint density at radius 3 is 2.73 bits per heavy atom. The van der Waals surface area contributed by atoms with Crippen LogP contribution in [0.4, 0.5) is 0 Å². The van der Waals surface area contributed by atoms with Gasteiger partial charge in [0, 0.05) is 18.5 Å². The maximum atomic E-state index is 5.54. The Kier molecular flexibility index (Phi) is 6.53. The summed E-state index contributed by atoms with van der Waals surface area (Å²) in [5, 5.41) is 0. The number of ether oxygens (including phenoxy) is 1. The number of H-pyrrole nitrogens is 2. The quantitative estimate of drug-likeness (QED) is 0.498. The monoisotopic (exact) mass is 351 g/mol. The van der Waals surface area contributed by atoms with Gasteiger partial charge < -0.3 is 14.7 Å². The number of hydrogen-bond acceptors (Lipinski definition) is 2. The van der Waals surface area contributed by atoms with Gasteiger partial charge in [-0.1, -0.05) is 39.0 Å². The lowest BCUT2D eigenvalue weighted by Crippen LogP contribution is -1.88. The van der Waals surface area contributed by atoms with E-state index >= 15 is 0 Å². The summed E-state index contributed by atoms with van der Waals surface area (Å²) in [7, 11) is 1.70. The molecule has 0 radical (unpaired) electrons. The zero-order chi connectivity index (χ0) is 18.2. The third-order valence-electron chi connectivity index (χ3n) is 4.82. The van der Waals surface area contributed by atoms with Crippen LogP contribution in [-0.2, 0) is 0 Å². The van der Waals surface area contributed by atoms with E-state index in [9.17, 15) is 0 Å². The topological polar surface area (TPSA) is 53.2 Å². The van der Waals surface area contributed by atoms with Crippen molar-refractivity contribution in [1.29, 1.82) is 0 Å². The predicted octanol–water partition coefficient (Wildman–Crippen LogP) is 6.12. The van der Waals surface area contributed by atoms with E-state index in [0.29, 0.717) is 0 Å². The van der Waals surface area contributed by atoms with Gasteiger partial charge in [-0.3, -0.25) is 4.99 Å². The number of allylic oxidation sites excluding steroid dienone is 2. The van der Waals surface area contributed by atoms with E-state index in [-0.39, 0.29) is 0 Å². The molecule has 138 valence electrons. The molecule has 2 aromatic heterocycles. The molecule has 2 aromatic rings. The lowest BCUT2D eigenvalue weighted by atomic mass is 10.0. The van der Waals surface area contributed by atoms with Crippen LogP contribution in [0, 0.1) is 0 Å². The van der Waals surface area contributed by atoms with Crippen LogP contribution in [0.3, 0.4) is 0 Å². The molecule has 0 spiro atoms. The number of nitrogens with zero attached hydrogens (tertiary/aromatic N) is 1. The van der Waals surface area contributed by atoms with Crippen LogP contribution >= 0.6 is 0 Å². The van der Waals surface area contributed by atoms with E-state index in [0.717, 1.165) is 34.9 Å². The number of hydrogen-bond donors (Lipinski definition) is 2. The summed E-state index contributed by atoms with van der Waals surface area (Å²) in [4.78, 5) is 11.2. The molecule has 0 fully saturated rings. The molecule has 3 heterocycles. The number of aliphatic imine (C=N–C) groups is 1. The molecule has 4 nitrogen and oxygen atoms in total. The second-order valence-corrected chi connectivity index (χ2v) is 6.77. The van der Waals surface area contributed by atoms with Crippen LogP contribution in [0.2, 0.25) is 0 Å². The Labute approximate surface area is 156 Å². The summed E-state index contributed by atoms with van der Waals surface area (Å²) in [5.74, 6) is 0.836. The van der Waals surface area contributed by atoms with Gasteiger partial charge in [0.05, 0.1) is 29.9 Å². The Morgan fingerprint density at radius 1 is 1.12 bits per heavy atom. The molecule has 3 rings (SSSR count). The average Bonchev–Trinajstić information content (AvgIpc) is 3.39. The van der Waals surface area contributed by atoms with Crippen molar-refractivity contribution in [2.45, 2.75) is 51.9 Å². The van der Waals surface area contributed by atoms with Gasteiger partial charge in [0.2, 0.25) is 0 Å². The number of nitrogens with one attached hydrogen (secondary N) is 2. The van der Waals surface area contributed by atoms with Gasteiger partial charge in [0.25, 0.3) is 0 Å². The smallest absolute Gasteiger partial charge is 0.144 e. The molecule has 0 bridgehead atoms. The van der Waals surface area contributed by atoms with Crippen molar-refractivity contribution in [3.05, 3.63) is 47.4 Å². The first-order chi connectivity index (χ1) is 12.8. The van der Waals surface area contributed by atoms with Gasteiger partial charge >= 0.3 is 0 Å². The first-order valence-electron chi connectivity index (χ1n) is 9.68. The fourth-order valence-electron chi connectivity index (χ4n) is 3.32. The van der Waals surface area contributed by atoms with Crippen molar-refractivity contribution in [2.24, 2.45) is 4.99 Å². The van der Waals surface area contributed by atoms with E-state index in [4.69, 9.17) is 4.74 Å². The maximum absolute atomic E-state index is 5.54. The first kappa shape index (κ1) is 18.3.